The summed E-state index contributed by atoms with van der Waals surface area (Å²) >= 11 is 0. The Labute approximate surface area is 265 Å². The molecule has 45 heavy (non-hydrogen) atoms. The van der Waals surface area contributed by atoms with Gasteiger partial charge in [-0.1, -0.05) is 61.0 Å². The van der Waals surface area contributed by atoms with Gasteiger partial charge in [-0.2, -0.15) is 0 Å². The minimum Gasteiger partial charge on any atom is -0.494 e. The molecule has 3 aromatic carbocycles. The van der Waals surface area contributed by atoms with Crippen LogP contribution in [0, 0.1) is 5.92 Å². The molecule has 1 saturated carbocycles. The molecule has 0 aromatic heterocycles. The van der Waals surface area contributed by atoms with E-state index in [1.807, 2.05) is 30.3 Å². The van der Waals surface area contributed by atoms with E-state index in [4.69, 9.17) is 18.9 Å². The Bertz CT molecular complexity index is 1420. The van der Waals surface area contributed by atoms with Crippen molar-refractivity contribution < 1.29 is 33.3 Å². The smallest absolute Gasteiger partial charge is 0.337 e. The van der Waals surface area contributed by atoms with Crippen LogP contribution in [0.1, 0.15) is 76.8 Å². The molecule has 4 rings (SSSR count). The summed E-state index contributed by atoms with van der Waals surface area (Å²) in [5.41, 5.74) is 2.88. The summed E-state index contributed by atoms with van der Waals surface area (Å²) in [7, 11) is 2.68. The molecule has 238 valence electrons. The molecule has 8 nitrogen and oxygen atoms in total. The van der Waals surface area contributed by atoms with Crippen molar-refractivity contribution in [2.45, 2.75) is 57.4 Å². The highest BCUT2D eigenvalue weighted by Crippen LogP contribution is 2.27. The molecule has 1 fully saturated rings. The van der Waals surface area contributed by atoms with Crippen LogP contribution in [-0.2, 0) is 20.7 Å². The molecule has 0 spiro atoms. The number of carbonyl (C=O) groups is 3. The van der Waals surface area contributed by atoms with E-state index in [-0.39, 0.29) is 35.0 Å². The van der Waals surface area contributed by atoms with Gasteiger partial charge < -0.3 is 24.3 Å². The number of allylic oxidation sites excluding steroid dienone is 1. The van der Waals surface area contributed by atoms with E-state index in [9.17, 15) is 14.4 Å². The van der Waals surface area contributed by atoms with Crippen molar-refractivity contribution in [2.75, 3.05) is 27.4 Å². The first-order chi connectivity index (χ1) is 22.0. The zero-order valence-corrected chi connectivity index (χ0v) is 26.2. The minimum atomic E-state index is -0.533. The number of nitrogens with one attached hydrogen (secondary N) is 1. The maximum atomic E-state index is 13.3. The molecule has 1 N–H and O–H groups in total. The summed E-state index contributed by atoms with van der Waals surface area (Å²) in [6.07, 6.45) is 10.6. The van der Waals surface area contributed by atoms with Gasteiger partial charge in [0.1, 0.15) is 11.5 Å². The Morgan fingerprint density at radius 1 is 0.867 bits per heavy atom. The Morgan fingerprint density at radius 3 is 2.40 bits per heavy atom. The van der Waals surface area contributed by atoms with Crippen LogP contribution in [0.15, 0.2) is 78.9 Å². The number of methoxy groups -OCH3 is 2. The average molecular weight is 614 g/mol. The van der Waals surface area contributed by atoms with Gasteiger partial charge in [-0.05, 0) is 86.4 Å². The summed E-state index contributed by atoms with van der Waals surface area (Å²) in [5, 5.41) is 3.03. The first kappa shape index (κ1) is 33.3. The van der Waals surface area contributed by atoms with Gasteiger partial charge in [-0.3, -0.25) is 9.59 Å². The average Bonchev–Trinajstić information content (AvgIpc) is 3.08. The van der Waals surface area contributed by atoms with Gasteiger partial charge in [0.15, 0.2) is 0 Å². The zero-order chi connectivity index (χ0) is 31.9. The highest BCUT2D eigenvalue weighted by molar-refractivity contribution is 6.00. The zero-order valence-electron chi connectivity index (χ0n) is 26.2. The highest BCUT2D eigenvalue weighted by atomic mass is 16.5. The lowest BCUT2D eigenvalue weighted by atomic mass is 9.85. The van der Waals surface area contributed by atoms with E-state index in [2.05, 4.69) is 41.7 Å². The first-order valence-corrected chi connectivity index (χ1v) is 15.6. The van der Waals surface area contributed by atoms with Crippen molar-refractivity contribution in [2.24, 2.45) is 5.92 Å². The number of hydrogen-bond acceptors (Lipinski definition) is 7. The third-order valence-corrected chi connectivity index (χ3v) is 7.87. The van der Waals surface area contributed by atoms with Crippen molar-refractivity contribution in [3.8, 4) is 11.5 Å². The van der Waals surface area contributed by atoms with Gasteiger partial charge in [-0.15, -0.1) is 0 Å². The van der Waals surface area contributed by atoms with Gasteiger partial charge >= 0.3 is 11.9 Å². The standard InChI is InChI=1S/C37H43NO7/c1-42-36(40)29-13-9-14-31(25-29)38-35(39)33-26-30(37(41)43-2)21-22-34(33)45-24-10-12-28-19-17-27(18-20-28)11-5-4-8-23-44-32-15-6-3-7-16-32/h3,5-7,11,15-22,26,29,31H,4,8-10,12-14,23-25H2,1-2H3,(H,38,39)/b11-5-. The van der Waals surface area contributed by atoms with Gasteiger partial charge in [0, 0.05) is 6.04 Å². The van der Waals surface area contributed by atoms with Gasteiger partial charge in [0.05, 0.1) is 44.5 Å². The van der Waals surface area contributed by atoms with Crippen molar-refractivity contribution in [1.82, 2.24) is 5.32 Å². The predicted molar refractivity (Wildman–Crippen MR) is 173 cm³/mol. The van der Waals surface area contributed by atoms with Crippen LogP contribution in [0.2, 0.25) is 0 Å². The number of unbranched alkanes of at least 4 members (excludes halogenated alkanes) is 1. The molecule has 0 aliphatic heterocycles. The molecule has 0 saturated heterocycles. The van der Waals surface area contributed by atoms with E-state index < -0.39 is 5.97 Å². The molecule has 1 aliphatic carbocycles. The van der Waals surface area contributed by atoms with Crippen molar-refractivity contribution in [1.29, 1.82) is 0 Å². The molecular weight excluding hydrogens is 570 g/mol. The summed E-state index contributed by atoms with van der Waals surface area (Å²) in [5.74, 6) is -0.0713. The fourth-order valence-electron chi connectivity index (χ4n) is 5.42. The number of para-hydroxylation sites is 1. The number of hydrogen-bond donors (Lipinski definition) is 1. The van der Waals surface area contributed by atoms with Crippen LogP contribution >= 0.6 is 0 Å². The van der Waals surface area contributed by atoms with Crippen LogP contribution in [-0.4, -0.2) is 51.3 Å². The lowest BCUT2D eigenvalue weighted by molar-refractivity contribution is -0.146. The van der Waals surface area contributed by atoms with Crippen molar-refractivity contribution >= 4 is 23.9 Å². The number of ether oxygens (including phenoxy) is 4. The third kappa shape index (κ3) is 10.5. The second-order valence-corrected chi connectivity index (χ2v) is 11.2. The van der Waals surface area contributed by atoms with Crippen molar-refractivity contribution in [3.05, 3.63) is 101 Å². The molecule has 0 heterocycles. The van der Waals surface area contributed by atoms with E-state index in [0.29, 0.717) is 25.4 Å². The Kier molecular flexibility index (Phi) is 13.1. The summed E-state index contributed by atoms with van der Waals surface area (Å²) in [6, 6.07) is 22.9. The molecule has 0 radical (unpaired) electrons. The van der Waals surface area contributed by atoms with Gasteiger partial charge in [0.25, 0.3) is 5.91 Å². The topological polar surface area (TPSA) is 100 Å². The van der Waals surface area contributed by atoms with Gasteiger partial charge in [0.2, 0.25) is 0 Å². The summed E-state index contributed by atoms with van der Waals surface area (Å²) in [4.78, 5) is 37.6. The molecule has 1 aliphatic rings. The summed E-state index contributed by atoms with van der Waals surface area (Å²) in [6.45, 7) is 1.09. The van der Waals surface area contributed by atoms with E-state index in [1.165, 1.54) is 25.8 Å². The second kappa shape index (κ2) is 17.6. The second-order valence-electron chi connectivity index (χ2n) is 11.2. The quantitative estimate of drug-likeness (QED) is 0.148. The number of carbonyl (C=O) groups excluding carboxylic acids is 3. The largest absolute Gasteiger partial charge is 0.494 e. The number of aryl methyl sites for hydroxylation is 1. The SMILES string of the molecule is COC(=O)c1ccc(OCCCc2ccc(/C=C\CCCOc3ccccc3)cc2)c(C(=O)NC2CCCC(C(=O)OC)C2)c1. The fourth-order valence-corrected chi connectivity index (χ4v) is 5.42. The molecule has 2 unspecified atom stereocenters. The highest BCUT2D eigenvalue weighted by Gasteiger charge is 2.29. The fraction of sp³-hybridized carbons (Fsp3) is 0.378. The van der Waals surface area contributed by atoms with Crippen LogP contribution < -0.4 is 14.8 Å². The maximum absolute atomic E-state index is 13.3. The van der Waals surface area contributed by atoms with Crippen LogP contribution in [0.25, 0.3) is 6.08 Å². The van der Waals surface area contributed by atoms with Crippen LogP contribution in [0.4, 0.5) is 0 Å². The number of esters is 2. The molecule has 3 aromatic rings. The van der Waals surface area contributed by atoms with E-state index in [0.717, 1.165) is 56.3 Å². The van der Waals surface area contributed by atoms with E-state index in [1.54, 1.807) is 12.1 Å². The first-order valence-electron chi connectivity index (χ1n) is 15.6. The maximum Gasteiger partial charge on any atom is 0.337 e. The number of benzene rings is 3. The number of rotatable bonds is 15. The Hall–Kier alpha value is -4.59. The Morgan fingerprint density at radius 2 is 1.64 bits per heavy atom. The van der Waals surface area contributed by atoms with Crippen LogP contribution in [0.5, 0.6) is 11.5 Å². The van der Waals surface area contributed by atoms with Crippen molar-refractivity contribution in [3.63, 3.8) is 0 Å². The predicted octanol–water partition coefficient (Wildman–Crippen LogP) is 6.82. The van der Waals surface area contributed by atoms with Crippen LogP contribution in [0.3, 0.4) is 0 Å². The Balaban J connectivity index is 1.25. The minimum absolute atomic E-state index is 0.170. The molecule has 1 amide bonds. The molecular formula is C37H43NO7. The monoisotopic (exact) mass is 613 g/mol. The molecule has 8 heteroatoms. The molecule has 0 bridgehead atoms. The van der Waals surface area contributed by atoms with E-state index >= 15 is 0 Å². The number of amides is 1. The lowest BCUT2D eigenvalue weighted by Gasteiger charge is -2.28. The lowest BCUT2D eigenvalue weighted by Crippen LogP contribution is -2.40. The third-order valence-electron chi connectivity index (χ3n) is 7.87. The normalized spacial score (nSPS) is 16.1. The molecule has 2 atom stereocenters. The summed E-state index contributed by atoms with van der Waals surface area (Å²) < 4.78 is 21.5. The van der Waals surface area contributed by atoms with Gasteiger partial charge in [-0.25, -0.2) is 4.79 Å².